The number of ether oxygens (including phenoxy) is 1. The van der Waals surface area contributed by atoms with Crippen LogP contribution in [0.25, 0.3) is 0 Å². The van der Waals surface area contributed by atoms with Crippen LogP contribution in [0, 0.1) is 5.92 Å². The van der Waals surface area contributed by atoms with Crippen LogP contribution in [0.3, 0.4) is 0 Å². The highest BCUT2D eigenvalue weighted by molar-refractivity contribution is 6.01. The number of carbonyl (C=O) groups is 1. The lowest BCUT2D eigenvalue weighted by Gasteiger charge is -2.48. The van der Waals surface area contributed by atoms with Crippen LogP contribution in [-0.4, -0.2) is 72.0 Å². The fourth-order valence-corrected chi connectivity index (χ4v) is 3.89. The van der Waals surface area contributed by atoms with Crippen LogP contribution in [0.2, 0.25) is 0 Å². The van der Waals surface area contributed by atoms with Gasteiger partial charge in [-0.3, -0.25) is 14.7 Å². The molecule has 0 radical (unpaired) electrons. The van der Waals surface area contributed by atoms with E-state index in [9.17, 15) is 4.79 Å². The van der Waals surface area contributed by atoms with E-state index in [1.54, 1.807) is 6.20 Å². The second-order valence-electron chi connectivity index (χ2n) is 9.02. The van der Waals surface area contributed by atoms with Gasteiger partial charge in [-0.15, -0.1) is 0 Å². The summed E-state index contributed by atoms with van der Waals surface area (Å²) < 4.78 is 5.94. The van der Waals surface area contributed by atoms with E-state index in [4.69, 9.17) is 4.74 Å². The van der Waals surface area contributed by atoms with Gasteiger partial charge in [0.05, 0.1) is 11.1 Å². The smallest absolute Gasteiger partial charge is 0.201 e. The second-order valence-corrected chi connectivity index (χ2v) is 9.02. The van der Waals surface area contributed by atoms with Gasteiger partial charge in [0.1, 0.15) is 5.69 Å². The maximum atomic E-state index is 13.5. The highest BCUT2D eigenvalue weighted by atomic mass is 16.5. The molecule has 0 spiro atoms. The van der Waals surface area contributed by atoms with Crippen LogP contribution >= 0.6 is 0 Å². The molecule has 0 aliphatic carbocycles. The average molecular weight is 376 g/mol. The summed E-state index contributed by atoms with van der Waals surface area (Å²) in [6.45, 7) is 12.1. The van der Waals surface area contributed by atoms with E-state index in [-0.39, 0.29) is 11.4 Å². The largest absolute Gasteiger partial charge is 0.375 e. The maximum Gasteiger partial charge on any atom is 0.201 e. The van der Waals surface area contributed by atoms with Crippen molar-refractivity contribution in [2.45, 2.75) is 58.1 Å². The summed E-state index contributed by atoms with van der Waals surface area (Å²) in [5.41, 5.74) is -0.328. The van der Waals surface area contributed by atoms with Gasteiger partial charge in [0.25, 0.3) is 0 Å². The first-order valence-electron chi connectivity index (χ1n) is 10.2. The summed E-state index contributed by atoms with van der Waals surface area (Å²) in [5, 5.41) is 0. The average Bonchev–Trinajstić information content (AvgIpc) is 2.63. The van der Waals surface area contributed by atoms with Crippen LogP contribution in [0.1, 0.15) is 57.4 Å². The first-order valence-corrected chi connectivity index (χ1v) is 10.2. The normalized spacial score (nSPS) is 22.6. The van der Waals surface area contributed by atoms with E-state index in [1.165, 1.54) is 6.42 Å². The Balaban J connectivity index is 2.16. The lowest BCUT2D eigenvalue weighted by atomic mass is 9.76. The Morgan fingerprint density at radius 3 is 2.56 bits per heavy atom. The summed E-state index contributed by atoms with van der Waals surface area (Å²) in [6, 6.07) is 5.57. The molecule has 152 valence electrons. The second kappa shape index (κ2) is 9.26. The number of hydrogen-bond acceptors (Lipinski definition) is 5. The minimum Gasteiger partial charge on any atom is -0.375 e. The van der Waals surface area contributed by atoms with Crippen LogP contribution < -0.4 is 0 Å². The third-order valence-electron chi connectivity index (χ3n) is 5.68. The minimum absolute atomic E-state index is 0.117. The molecule has 1 aliphatic heterocycles. The fraction of sp³-hybridized carbons (Fsp3) is 0.727. The Bertz CT molecular complexity index is 603. The molecule has 0 bridgehead atoms. The molecular formula is C22H37N3O2. The van der Waals surface area contributed by atoms with E-state index in [0.29, 0.717) is 31.1 Å². The van der Waals surface area contributed by atoms with Crippen LogP contribution in [-0.2, 0) is 4.74 Å². The molecule has 1 unspecified atom stereocenters. The van der Waals surface area contributed by atoms with Crippen LogP contribution in [0.5, 0.6) is 0 Å². The minimum atomic E-state index is -0.561. The van der Waals surface area contributed by atoms with Gasteiger partial charge in [-0.05, 0) is 65.4 Å². The van der Waals surface area contributed by atoms with E-state index in [2.05, 4.69) is 56.6 Å². The van der Waals surface area contributed by atoms with Crippen molar-refractivity contribution in [3.8, 4) is 0 Å². The Morgan fingerprint density at radius 1 is 1.22 bits per heavy atom. The van der Waals surface area contributed by atoms with Gasteiger partial charge in [-0.1, -0.05) is 19.9 Å². The summed E-state index contributed by atoms with van der Waals surface area (Å²) in [5.74, 6) is 0.824. The first kappa shape index (κ1) is 22.0. The third kappa shape index (κ3) is 5.84. The first-order chi connectivity index (χ1) is 12.7. The Morgan fingerprint density at radius 2 is 1.96 bits per heavy atom. The number of nitrogens with zero attached hydrogens (tertiary/aromatic N) is 3. The highest BCUT2D eigenvalue weighted by Gasteiger charge is 2.49. The molecule has 1 atom stereocenters. The van der Waals surface area contributed by atoms with Crippen molar-refractivity contribution in [2.24, 2.45) is 5.92 Å². The number of hydrogen-bond donors (Lipinski definition) is 0. The number of likely N-dealkylation sites (N-methyl/N-ethyl adjacent to an activating group) is 2. The summed E-state index contributed by atoms with van der Waals surface area (Å²) >= 11 is 0. The monoisotopic (exact) mass is 375 g/mol. The lowest BCUT2D eigenvalue weighted by Crippen LogP contribution is -2.61. The standard InChI is InChI=1S/C22H37N3O2/c1-18(2)10-13-24(5)14-15-25(6)22(11-16-27-21(3,4)17-22)20(26)19-9-7-8-12-23-19/h7-9,12,18H,10-11,13-17H2,1-6H3. The number of carbonyl (C=O) groups excluding carboxylic acids is 1. The van der Waals surface area contributed by atoms with Gasteiger partial charge in [-0.25, -0.2) is 0 Å². The molecule has 5 nitrogen and oxygen atoms in total. The number of ketones is 1. The molecule has 0 saturated carbocycles. The zero-order chi connectivity index (χ0) is 20.1. The SMILES string of the molecule is CC(C)CCN(C)CCN(C)C1(C(=O)c2ccccn2)CCOC(C)(C)C1. The van der Waals surface area contributed by atoms with Gasteiger partial charge >= 0.3 is 0 Å². The fourth-order valence-electron chi connectivity index (χ4n) is 3.89. The quantitative estimate of drug-likeness (QED) is 0.618. The van der Waals surface area contributed by atoms with Crippen molar-refractivity contribution in [1.82, 2.24) is 14.8 Å². The van der Waals surface area contributed by atoms with Crippen molar-refractivity contribution in [3.63, 3.8) is 0 Å². The summed E-state index contributed by atoms with van der Waals surface area (Å²) in [6.07, 6.45) is 4.28. The third-order valence-corrected chi connectivity index (χ3v) is 5.68. The predicted octanol–water partition coefficient (Wildman–Crippen LogP) is 3.50. The molecule has 27 heavy (non-hydrogen) atoms. The Labute approximate surface area is 165 Å². The number of Topliss-reactive ketones (excluding diaryl/α,β-unsaturated/α-hetero) is 1. The van der Waals surface area contributed by atoms with E-state index in [0.717, 1.165) is 19.6 Å². The van der Waals surface area contributed by atoms with Crippen LogP contribution in [0.15, 0.2) is 24.4 Å². The van der Waals surface area contributed by atoms with E-state index >= 15 is 0 Å². The van der Waals surface area contributed by atoms with Crippen LogP contribution in [0.4, 0.5) is 0 Å². The molecule has 0 amide bonds. The van der Waals surface area contributed by atoms with Gasteiger partial charge in [0, 0.05) is 32.3 Å². The number of rotatable bonds is 9. The van der Waals surface area contributed by atoms with Gasteiger partial charge < -0.3 is 9.64 Å². The van der Waals surface area contributed by atoms with Gasteiger partial charge in [0.15, 0.2) is 0 Å². The van der Waals surface area contributed by atoms with Crippen molar-refractivity contribution in [1.29, 1.82) is 0 Å². The molecule has 1 fully saturated rings. The zero-order valence-corrected chi connectivity index (χ0v) is 18.0. The maximum absolute atomic E-state index is 13.5. The molecule has 2 heterocycles. The van der Waals surface area contributed by atoms with Crippen molar-refractivity contribution in [3.05, 3.63) is 30.1 Å². The highest BCUT2D eigenvalue weighted by Crippen LogP contribution is 2.38. The predicted molar refractivity (Wildman–Crippen MR) is 110 cm³/mol. The van der Waals surface area contributed by atoms with E-state index in [1.807, 2.05) is 18.2 Å². The summed E-state index contributed by atoms with van der Waals surface area (Å²) in [7, 11) is 4.25. The van der Waals surface area contributed by atoms with Gasteiger partial charge in [-0.2, -0.15) is 0 Å². The Hall–Kier alpha value is -1.30. The van der Waals surface area contributed by atoms with Gasteiger partial charge in [0.2, 0.25) is 5.78 Å². The molecule has 1 aromatic heterocycles. The van der Waals surface area contributed by atoms with Crippen molar-refractivity contribution >= 4 is 5.78 Å². The lowest BCUT2D eigenvalue weighted by molar-refractivity contribution is -0.104. The topological polar surface area (TPSA) is 45.7 Å². The molecular weight excluding hydrogens is 338 g/mol. The summed E-state index contributed by atoms with van der Waals surface area (Å²) in [4.78, 5) is 22.5. The molecule has 1 saturated heterocycles. The number of pyridine rings is 1. The zero-order valence-electron chi connectivity index (χ0n) is 18.0. The van der Waals surface area contributed by atoms with Crippen molar-refractivity contribution < 1.29 is 9.53 Å². The molecule has 0 aromatic carbocycles. The number of aromatic nitrogens is 1. The Kier molecular flexibility index (Phi) is 7.55. The molecule has 0 N–H and O–H groups in total. The molecule has 1 aromatic rings. The van der Waals surface area contributed by atoms with E-state index < -0.39 is 5.54 Å². The molecule has 1 aliphatic rings. The van der Waals surface area contributed by atoms with Crippen molar-refractivity contribution in [2.75, 3.05) is 40.3 Å². The molecule has 2 rings (SSSR count). The molecule has 5 heteroatoms.